The van der Waals surface area contributed by atoms with Crippen molar-refractivity contribution >= 4 is 21.6 Å². The summed E-state index contributed by atoms with van der Waals surface area (Å²) in [5.74, 6) is -0.396. The van der Waals surface area contributed by atoms with E-state index in [2.05, 4.69) is 33.0 Å². The van der Waals surface area contributed by atoms with Gasteiger partial charge < -0.3 is 20.1 Å². The summed E-state index contributed by atoms with van der Waals surface area (Å²) in [4.78, 5) is 2.34. The fraction of sp³-hybridized carbons (Fsp3) is 0.571. The normalized spacial score (nSPS) is 22.1. The predicted octanol–water partition coefficient (Wildman–Crippen LogP) is 2.25. The standard InChI is InChI=1S/C14H19BrN2O2/c15-12-3-2-11(9-16)13(8-12)17-5-1-4-14(10-17)18-6-7-19-14/h2-3,8H,1,4-7,9-10,16H2. The minimum atomic E-state index is -0.396. The molecule has 3 rings (SSSR count). The Hall–Kier alpha value is -0.620. The molecule has 2 fully saturated rings. The van der Waals surface area contributed by atoms with Crippen molar-refractivity contribution in [2.45, 2.75) is 25.2 Å². The second kappa shape index (κ2) is 5.40. The average Bonchev–Trinajstić information content (AvgIpc) is 2.86. The maximum absolute atomic E-state index is 5.85. The summed E-state index contributed by atoms with van der Waals surface area (Å²) in [5, 5.41) is 0. The molecule has 2 N–H and O–H groups in total. The summed E-state index contributed by atoms with van der Waals surface area (Å²) < 4.78 is 12.7. The number of anilines is 1. The van der Waals surface area contributed by atoms with Crippen LogP contribution >= 0.6 is 15.9 Å². The first-order valence-corrected chi connectivity index (χ1v) is 7.53. The lowest BCUT2D eigenvalue weighted by molar-refractivity contribution is -0.161. The minimum absolute atomic E-state index is 0.396. The molecule has 0 unspecified atom stereocenters. The molecular weight excluding hydrogens is 308 g/mol. The summed E-state index contributed by atoms with van der Waals surface area (Å²) in [6.07, 6.45) is 2.06. The molecule has 4 nitrogen and oxygen atoms in total. The van der Waals surface area contributed by atoms with Crippen LogP contribution in [0.3, 0.4) is 0 Å². The van der Waals surface area contributed by atoms with E-state index in [1.54, 1.807) is 0 Å². The Morgan fingerprint density at radius 3 is 2.84 bits per heavy atom. The molecule has 19 heavy (non-hydrogen) atoms. The van der Waals surface area contributed by atoms with Gasteiger partial charge in [0.1, 0.15) is 0 Å². The van der Waals surface area contributed by atoms with Gasteiger partial charge in [-0.3, -0.25) is 0 Å². The van der Waals surface area contributed by atoms with E-state index in [9.17, 15) is 0 Å². The zero-order valence-corrected chi connectivity index (χ0v) is 12.5. The number of nitrogens with two attached hydrogens (primary N) is 1. The quantitative estimate of drug-likeness (QED) is 0.905. The third-order valence-corrected chi connectivity index (χ3v) is 4.33. The van der Waals surface area contributed by atoms with Crippen LogP contribution in [0.2, 0.25) is 0 Å². The third-order valence-electron chi connectivity index (χ3n) is 3.84. The van der Waals surface area contributed by atoms with E-state index in [0.29, 0.717) is 19.8 Å². The number of halogens is 1. The zero-order valence-electron chi connectivity index (χ0n) is 10.9. The van der Waals surface area contributed by atoms with Crippen molar-refractivity contribution in [2.24, 2.45) is 5.73 Å². The summed E-state index contributed by atoms with van der Waals surface area (Å²) in [6.45, 7) is 3.77. The molecule has 1 spiro atoms. The van der Waals surface area contributed by atoms with E-state index >= 15 is 0 Å². The van der Waals surface area contributed by atoms with Crippen LogP contribution in [0.25, 0.3) is 0 Å². The summed E-state index contributed by atoms with van der Waals surface area (Å²) >= 11 is 3.54. The number of hydrogen-bond donors (Lipinski definition) is 1. The van der Waals surface area contributed by atoms with Gasteiger partial charge in [0.15, 0.2) is 5.79 Å². The fourth-order valence-electron chi connectivity index (χ4n) is 2.93. The Morgan fingerprint density at radius 1 is 1.32 bits per heavy atom. The SMILES string of the molecule is NCc1ccc(Br)cc1N1CCCC2(C1)OCCO2. The molecule has 0 amide bonds. The second-order valence-corrected chi connectivity index (χ2v) is 6.03. The predicted molar refractivity (Wildman–Crippen MR) is 78.1 cm³/mol. The van der Waals surface area contributed by atoms with Gasteiger partial charge in [0.2, 0.25) is 0 Å². The monoisotopic (exact) mass is 326 g/mol. The van der Waals surface area contributed by atoms with Crippen LogP contribution < -0.4 is 10.6 Å². The maximum Gasteiger partial charge on any atom is 0.186 e. The van der Waals surface area contributed by atoms with Crippen LogP contribution in [0.4, 0.5) is 5.69 Å². The number of nitrogens with zero attached hydrogens (tertiary/aromatic N) is 1. The fourth-order valence-corrected chi connectivity index (χ4v) is 3.28. The first-order valence-electron chi connectivity index (χ1n) is 6.74. The van der Waals surface area contributed by atoms with Gasteiger partial charge in [0.05, 0.1) is 19.8 Å². The van der Waals surface area contributed by atoms with Crippen LogP contribution in [0.15, 0.2) is 22.7 Å². The van der Waals surface area contributed by atoms with Crippen molar-refractivity contribution in [3.63, 3.8) is 0 Å². The van der Waals surface area contributed by atoms with Crippen LogP contribution in [-0.2, 0) is 16.0 Å². The van der Waals surface area contributed by atoms with E-state index in [1.165, 1.54) is 11.3 Å². The lowest BCUT2D eigenvalue weighted by atomic mass is 10.0. The highest BCUT2D eigenvalue weighted by Gasteiger charge is 2.41. The van der Waals surface area contributed by atoms with Gasteiger partial charge >= 0.3 is 0 Å². The van der Waals surface area contributed by atoms with E-state index in [-0.39, 0.29) is 0 Å². The lowest BCUT2D eigenvalue weighted by Crippen LogP contribution is -2.49. The summed E-state index contributed by atoms with van der Waals surface area (Å²) in [5.41, 5.74) is 8.20. The first-order chi connectivity index (χ1) is 9.22. The van der Waals surface area contributed by atoms with Gasteiger partial charge in [-0.15, -0.1) is 0 Å². The molecule has 2 aliphatic heterocycles. The van der Waals surface area contributed by atoms with Crippen molar-refractivity contribution in [3.8, 4) is 0 Å². The highest BCUT2D eigenvalue weighted by molar-refractivity contribution is 9.10. The summed E-state index contributed by atoms with van der Waals surface area (Å²) in [6, 6.07) is 6.25. The Kier molecular flexibility index (Phi) is 3.80. The van der Waals surface area contributed by atoms with E-state index in [1.807, 2.05) is 6.07 Å². The van der Waals surface area contributed by atoms with Crippen molar-refractivity contribution in [3.05, 3.63) is 28.2 Å². The molecule has 2 aliphatic rings. The molecule has 0 saturated carbocycles. The van der Waals surface area contributed by atoms with Gasteiger partial charge in [-0.25, -0.2) is 0 Å². The number of hydrogen-bond acceptors (Lipinski definition) is 4. The topological polar surface area (TPSA) is 47.7 Å². The molecule has 0 bridgehead atoms. The maximum atomic E-state index is 5.85. The summed E-state index contributed by atoms with van der Waals surface area (Å²) in [7, 11) is 0. The highest BCUT2D eigenvalue weighted by Crippen LogP contribution is 2.34. The molecule has 0 atom stereocenters. The van der Waals surface area contributed by atoms with Crippen LogP contribution in [0.1, 0.15) is 18.4 Å². The Morgan fingerprint density at radius 2 is 2.11 bits per heavy atom. The van der Waals surface area contributed by atoms with Gasteiger partial charge in [-0.2, -0.15) is 0 Å². The zero-order chi connectivity index (χ0) is 13.3. The Bertz CT molecular complexity index is 461. The molecule has 2 saturated heterocycles. The van der Waals surface area contributed by atoms with Crippen LogP contribution in [0, 0.1) is 0 Å². The van der Waals surface area contributed by atoms with Gasteiger partial charge in [0, 0.05) is 29.7 Å². The van der Waals surface area contributed by atoms with Crippen molar-refractivity contribution in [1.29, 1.82) is 0 Å². The molecule has 0 aromatic heterocycles. The molecule has 0 aliphatic carbocycles. The Labute approximate surface area is 122 Å². The number of rotatable bonds is 2. The van der Waals surface area contributed by atoms with Gasteiger partial charge in [0.25, 0.3) is 0 Å². The minimum Gasteiger partial charge on any atom is -0.366 e. The van der Waals surface area contributed by atoms with Crippen molar-refractivity contribution in [1.82, 2.24) is 0 Å². The highest BCUT2D eigenvalue weighted by atomic mass is 79.9. The van der Waals surface area contributed by atoms with E-state index in [4.69, 9.17) is 15.2 Å². The average molecular weight is 327 g/mol. The Balaban J connectivity index is 1.87. The molecule has 1 aromatic rings. The van der Waals surface area contributed by atoms with Crippen LogP contribution in [-0.4, -0.2) is 32.1 Å². The van der Waals surface area contributed by atoms with Crippen LogP contribution in [0.5, 0.6) is 0 Å². The molecule has 5 heteroatoms. The number of ether oxygens (including phenoxy) is 2. The van der Waals surface area contributed by atoms with E-state index < -0.39 is 5.79 Å². The molecular formula is C14H19BrN2O2. The first kappa shape index (κ1) is 13.4. The molecule has 0 radical (unpaired) electrons. The molecule has 2 heterocycles. The molecule has 1 aromatic carbocycles. The largest absolute Gasteiger partial charge is 0.366 e. The van der Waals surface area contributed by atoms with Gasteiger partial charge in [-0.05, 0) is 24.1 Å². The lowest BCUT2D eigenvalue weighted by Gasteiger charge is -2.40. The molecule has 104 valence electrons. The number of benzene rings is 1. The van der Waals surface area contributed by atoms with Crippen molar-refractivity contribution < 1.29 is 9.47 Å². The smallest absolute Gasteiger partial charge is 0.186 e. The van der Waals surface area contributed by atoms with Crippen molar-refractivity contribution in [2.75, 3.05) is 31.2 Å². The number of piperidine rings is 1. The van der Waals surface area contributed by atoms with E-state index in [0.717, 1.165) is 30.4 Å². The third kappa shape index (κ3) is 2.65. The van der Waals surface area contributed by atoms with Gasteiger partial charge in [-0.1, -0.05) is 22.0 Å². The second-order valence-electron chi connectivity index (χ2n) is 5.11.